The standard InChI is InChI=1S/C13H28N2O/c1-4-7-15-8-5-13(6-9-15)12(3)14-11(2)10-16/h11-14,16H,4-10H2,1-3H3. The highest BCUT2D eigenvalue weighted by Gasteiger charge is 2.23. The Morgan fingerprint density at radius 2 is 1.94 bits per heavy atom. The van der Waals surface area contributed by atoms with Crippen LogP contribution in [0.15, 0.2) is 0 Å². The Hall–Kier alpha value is -0.120. The molecule has 0 radical (unpaired) electrons. The minimum Gasteiger partial charge on any atom is -0.395 e. The zero-order valence-electron chi connectivity index (χ0n) is 11.1. The van der Waals surface area contributed by atoms with Crippen molar-refractivity contribution < 1.29 is 5.11 Å². The number of nitrogens with one attached hydrogen (secondary N) is 1. The summed E-state index contributed by atoms with van der Waals surface area (Å²) in [7, 11) is 0. The minimum absolute atomic E-state index is 0.226. The third kappa shape index (κ3) is 4.40. The van der Waals surface area contributed by atoms with Crippen LogP contribution in [0.25, 0.3) is 0 Å². The molecule has 3 nitrogen and oxygen atoms in total. The lowest BCUT2D eigenvalue weighted by atomic mass is 9.90. The van der Waals surface area contributed by atoms with Crippen LogP contribution in [0.3, 0.4) is 0 Å². The number of likely N-dealkylation sites (tertiary alicyclic amines) is 1. The van der Waals surface area contributed by atoms with Crippen molar-refractivity contribution in [3.63, 3.8) is 0 Å². The summed E-state index contributed by atoms with van der Waals surface area (Å²) >= 11 is 0. The van der Waals surface area contributed by atoms with Crippen molar-refractivity contribution in [2.24, 2.45) is 5.92 Å². The van der Waals surface area contributed by atoms with Crippen LogP contribution in [0.5, 0.6) is 0 Å². The van der Waals surface area contributed by atoms with E-state index >= 15 is 0 Å². The number of rotatable bonds is 6. The number of hydrogen-bond acceptors (Lipinski definition) is 3. The predicted octanol–water partition coefficient (Wildman–Crippen LogP) is 1.47. The Labute approximate surface area is 100 Å². The van der Waals surface area contributed by atoms with Gasteiger partial charge in [-0.25, -0.2) is 0 Å². The van der Waals surface area contributed by atoms with Crippen LogP contribution in [0.4, 0.5) is 0 Å². The van der Waals surface area contributed by atoms with E-state index in [4.69, 9.17) is 5.11 Å². The van der Waals surface area contributed by atoms with Crippen LogP contribution in [0.2, 0.25) is 0 Å². The van der Waals surface area contributed by atoms with Crippen LogP contribution in [0, 0.1) is 5.92 Å². The van der Waals surface area contributed by atoms with Crippen molar-refractivity contribution >= 4 is 0 Å². The first-order valence-electron chi connectivity index (χ1n) is 6.76. The van der Waals surface area contributed by atoms with Gasteiger partial charge in [0.2, 0.25) is 0 Å². The lowest BCUT2D eigenvalue weighted by molar-refractivity contribution is 0.151. The van der Waals surface area contributed by atoms with Crippen molar-refractivity contribution in [2.45, 2.75) is 52.1 Å². The molecule has 1 saturated heterocycles. The third-order valence-corrected chi connectivity index (χ3v) is 3.70. The Morgan fingerprint density at radius 1 is 1.31 bits per heavy atom. The molecular weight excluding hydrogens is 200 g/mol. The molecule has 1 heterocycles. The highest BCUT2D eigenvalue weighted by molar-refractivity contribution is 4.80. The summed E-state index contributed by atoms with van der Waals surface area (Å²) < 4.78 is 0. The van der Waals surface area contributed by atoms with E-state index in [1.54, 1.807) is 0 Å². The van der Waals surface area contributed by atoms with Gasteiger partial charge in [0.15, 0.2) is 0 Å². The second-order valence-corrected chi connectivity index (χ2v) is 5.22. The summed E-state index contributed by atoms with van der Waals surface area (Å²) in [5.41, 5.74) is 0. The SMILES string of the molecule is CCCN1CCC(C(C)NC(C)CO)CC1. The maximum Gasteiger partial charge on any atom is 0.0582 e. The van der Waals surface area contributed by atoms with Gasteiger partial charge in [0, 0.05) is 12.1 Å². The molecule has 96 valence electrons. The normalized spacial score (nSPS) is 23.2. The summed E-state index contributed by atoms with van der Waals surface area (Å²) in [6, 6.07) is 0.759. The van der Waals surface area contributed by atoms with Crippen molar-refractivity contribution in [1.82, 2.24) is 10.2 Å². The fraction of sp³-hybridized carbons (Fsp3) is 1.00. The highest BCUT2D eigenvalue weighted by atomic mass is 16.3. The fourth-order valence-electron chi connectivity index (χ4n) is 2.63. The molecule has 1 rings (SSSR count). The van der Waals surface area contributed by atoms with E-state index in [1.807, 2.05) is 6.92 Å². The van der Waals surface area contributed by atoms with Gasteiger partial charge < -0.3 is 15.3 Å². The molecule has 1 aliphatic rings. The Kier molecular flexibility index (Phi) is 6.32. The maximum absolute atomic E-state index is 9.02. The summed E-state index contributed by atoms with van der Waals surface area (Å²) in [5.74, 6) is 0.780. The molecule has 0 spiro atoms. The Morgan fingerprint density at radius 3 is 2.44 bits per heavy atom. The summed E-state index contributed by atoms with van der Waals surface area (Å²) in [4.78, 5) is 2.57. The number of piperidine rings is 1. The van der Waals surface area contributed by atoms with Gasteiger partial charge in [-0.3, -0.25) is 0 Å². The maximum atomic E-state index is 9.02. The van der Waals surface area contributed by atoms with Crippen LogP contribution in [-0.4, -0.2) is 48.3 Å². The Balaban J connectivity index is 2.24. The third-order valence-electron chi connectivity index (χ3n) is 3.70. The monoisotopic (exact) mass is 228 g/mol. The van der Waals surface area contributed by atoms with E-state index < -0.39 is 0 Å². The zero-order chi connectivity index (χ0) is 12.0. The summed E-state index contributed by atoms with van der Waals surface area (Å²) in [6.07, 6.45) is 3.86. The smallest absolute Gasteiger partial charge is 0.0582 e. The molecule has 2 unspecified atom stereocenters. The molecule has 0 amide bonds. The first kappa shape index (κ1) is 13.9. The van der Waals surface area contributed by atoms with Crippen LogP contribution < -0.4 is 5.32 Å². The number of hydrogen-bond donors (Lipinski definition) is 2. The molecule has 0 saturated carbocycles. The molecule has 0 bridgehead atoms. The van der Waals surface area contributed by atoms with Gasteiger partial charge in [-0.15, -0.1) is 0 Å². The van der Waals surface area contributed by atoms with Gasteiger partial charge in [0.05, 0.1) is 6.61 Å². The van der Waals surface area contributed by atoms with Gasteiger partial charge in [-0.2, -0.15) is 0 Å². The zero-order valence-corrected chi connectivity index (χ0v) is 11.1. The van der Waals surface area contributed by atoms with Gasteiger partial charge >= 0.3 is 0 Å². The van der Waals surface area contributed by atoms with Crippen molar-refractivity contribution in [3.05, 3.63) is 0 Å². The number of nitrogens with zero attached hydrogens (tertiary/aromatic N) is 1. The topological polar surface area (TPSA) is 35.5 Å². The molecule has 0 aliphatic carbocycles. The molecule has 0 aromatic rings. The summed E-state index contributed by atoms with van der Waals surface area (Å²) in [6.45, 7) is 10.5. The van der Waals surface area contributed by atoms with Crippen LogP contribution in [0.1, 0.15) is 40.0 Å². The molecular formula is C13H28N2O. The quantitative estimate of drug-likeness (QED) is 0.722. The molecule has 0 aromatic heterocycles. The van der Waals surface area contributed by atoms with Crippen LogP contribution in [-0.2, 0) is 0 Å². The lowest BCUT2D eigenvalue weighted by Gasteiger charge is -2.35. The second kappa shape index (κ2) is 7.25. The van der Waals surface area contributed by atoms with Crippen LogP contribution >= 0.6 is 0 Å². The molecule has 1 aliphatic heterocycles. The van der Waals surface area contributed by atoms with E-state index in [2.05, 4.69) is 24.1 Å². The molecule has 3 heteroatoms. The number of aliphatic hydroxyl groups excluding tert-OH is 1. The molecule has 1 fully saturated rings. The second-order valence-electron chi connectivity index (χ2n) is 5.22. The van der Waals surface area contributed by atoms with Gasteiger partial charge in [-0.1, -0.05) is 6.92 Å². The predicted molar refractivity (Wildman–Crippen MR) is 68.6 cm³/mol. The first-order chi connectivity index (χ1) is 7.67. The molecule has 0 aromatic carbocycles. The van der Waals surface area contributed by atoms with Gasteiger partial charge in [-0.05, 0) is 58.7 Å². The minimum atomic E-state index is 0.226. The molecule has 16 heavy (non-hydrogen) atoms. The number of aliphatic hydroxyl groups is 1. The fourth-order valence-corrected chi connectivity index (χ4v) is 2.63. The average Bonchev–Trinajstić information content (AvgIpc) is 2.30. The Bertz CT molecular complexity index is 179. The lowest BCUT2D eigenvalue weighted by Crippen LogP contribution is -2.45. The first-order valence-corrected chi connectivity index (χ1v) is 6.76. The van der Waals surface area contributed by atoms with Crippen molar-refractivity contribution in [2.75, 3.05) is 26.2 Å². The van der Waals surface area contributed by atoms with E-state index in [1.165, 1.54) is 38.9 Å². The largest absolute Gasteiger partial charge is 0.395 e. The van der Waals surface area contributed by atoms with E-state index in [0.717, 1.165) is 5.92 Å². The van der Waals surface area contributed by atoms with E-state index in [9.17, 15) is 0 Å². The molecule has 2 N–H and O–H groups in total. The van der Waals surface area contributed by atoms with Crippen molar-refractivity contribution in [1.29, 1.82) is 0 Å². The summed E-state index contributed by atoms with van der Waals surface area (Å²) in [5, 5.41) is 12.5. The van der Waals surface area contributed by atoms with Gasteiger partial charge in [0.25, 0.3) is 0 Å². The van der Waals surface area contributed by atoms with E-state index in [-0.39, 0.29) is 12.6 Å². The van der Waals surface area contributed by atoms with E-state index in [0.29, 0.717) is 6.04 Å². The van der Waals surface area contributed by atoms with Gasteiger partial charge in [0.1, 0.15) is 0 Å². The van der Waals surface area contributed by atoms with Crippen molar-refractivity contribution in [3.8, 4) is 0 Å². The molecule has 2 atom stereocenters. The average molecular weight is 228 g/mol. The highest BCUT2D eigenvalue weighted by Crippen LogP contribution is 2.20.